The van der Waals surface area contributed by atoms with Crippen molar-refractivity contribution in [3.8, 4) is 0 Å². The van der Waals surface area contributed by atoms with Crippen molar-refractivity contribution in [2.45, 2.75) is 4.90 Å². The van der Waals surface area contributed by atoms with E-state index in [0.717, 1.165) is 6.07 Å². The highest BCUT2D eigenvalue weighted by Gasteiger charge is 2.28. The molecule has 0 unspecified atom stereocenters. The van der Waals surface area contributed by atoms with E-state index in [1.807, 2.05) is 0 Å². The maximum absolute atomic E-state index is 13.5. The van der Waals surface area contributed by atoms with Crippen LogP contribution >= 0.6 is 0 Å². The predicted octanol–water partition coefficient (Wildman–Crippen LogP) is 1.80. The zero-order valence-corrected chi connectivity index (χ0v) is 12.9. The van der Waals surface area contributed by atoms with Crippen molar-refractivity contribution in [1.29, 1.82) is 0 Å². The molecule has 0 fully saturated rings. The van der Waals surface area contributed by atoms with E-state index in [0.29, 0.717) is 16.4 Å². The van der Waals surface area contributed by atoms with Gasteiger partial charge in [-0.3, -0.25) is 9.10 Å². The Morgan fingerprint density at radius 1 is 1.04 bits per heavy atom. The number of nitrogens with zero attached hydrogens (tertiary/aromatic N) is 1. The maximum atomic E-state index is 13.5. The van der Waals surface area contributed by atoms with Crippen LogP contribution in [0.3, 0.4) is 0 Å². The summed E-state index contributed by atoms with van der Waals surface area (Å²) in [4.78, 5) is 21.5. The van der Waals surface area contributed by atoms with Gasteiger partial charge in [-0.15, -0.1) is 0 Å². The molecule has 24 heavy (non-hydrogen) atoms. The fourth-order valence-electron chi connectivity index (χ4n) is 1.99. The molecule has 9 heteroatoms. The number of halogens is 1. The third-order valence-corrected chi connectivity index (χ3v) is 4.85. The normalized spacial score (nSPS) is 11.0. The van der Waals surface area contributed by atoms with Crippen molar-refractivity contribution in [1.82, 2.24) is 0 Å². The van der Waals surface area contributed by atoms with E-state index in [2.05, 4.69) is 0 Å². The van der Waals surface area contributed by atoms with E-state index in [-0.39, 0.29) is 5.69 Å². The standard InChI is InChI=1S/C15H12FNO6S/c16-13-7-6-11(8-12(13)15(20)21)24(22,23)17(9-14(18)19)10-4-2-1-3-5-10/h1-8H,9H2,(H,18,19)(H,20,21). The van der Waals surface area contributed by atoms with Crippen LogP contribution in [0.25, 0.3) is 0 Å². The van der Waals surface area contributed by atoms with Crippen LogP contribution in [-0.2, 0) is 14.8 Å². The van der Waals surface area contributed by atoms with Gasteiger partial charge in [0.05, 0.1) is 16.1 Å². The summed E-state index contributed by atoms with van der Waals surface area (Å²) in [6.07, 6.45) is 0. The molecular weight excluding hydrogens is 341 g/mol. The topological polar surface area (TPSA) is 112 Å². The van der Waals surface area contributed by atoms with Crippen LogP contribution in [-0.4, -0.2) is 37.1 Å². The number of hydrogen-bond donors (Lipinski definition) is 2. The van der Waals surface area contributed by atoms with Gasteiger partial charge in [0.25, 0.3) is 10.0 Å². The quantitative estimate of drug-likeness (QED) is 0.819. The van der Waals surface area contributed by atoms with Crippen LogP contribution in [0.5, 0.6) is 0 Å². The molecule has 0 aliphatic heterocycles. The Bertz CT molecular complexity index is 882. The SMILES string of the molecule is O=C(O)CN(c1ccccc1)S(=O)(=O)c1ccc(F)c(C(=O)O)c1. The number of carbonyl (C=O) groups is 2. The predicted molar refractivity (Wildman–Crippen MR) is 82.0 cm³/mol. The van der Waals surface area contributed by atoms with Gasteiger partial charge in [0.1, 0.15) is 12.4 Å². The summed E-state index contributed by atoms with van der Waals surface area (Å²) >= 11 is 0. The molecule has 7 nitrogen and oxygen atoms in total. The van der Waals surface area contributed by atoms with Crippen molar-refractivity contribution >= 4 is 27.6 Å². The zero-order chi connectivity index (χ0) is 17.9. The number of aliphatic carboxylic acids is 1. The molecule has 0 saturated carbocycles. The minimum atomic E-state index is -4.40. The highest BCUT2D eigenvalue weighted by atomic mass is 32.2. The van der Waals surface area contributed by atoms with Crippen LogP contribution < -0.4 is 4.31 Å². The van der Waals surface area contributed by atoms with Gasteiger partial charge in [-0.1, -0.05) is 18.2 Å². The average Bonchev–Trinajstić information content (AvgIpc) is 2.53. The molecular formula is C15H12FNO6S. The van der Waals surface area contributed by atoms with Crippen LogP contribution in [0.2, 0.25) is 0 Å². The summed E-state index contributed by atoms with van der Waals surface area (Å²) in [6, 6.07) is 9.69. The van der Waals surface area contributed by atoms with Crippen LogP contribution in [0, 0.1) is 5.82 Å². The average molecular weight is 353 g/mol. The molecule has 0 heterocycles. The Labute approximate surface area is 136 Å². The Morgan fingerprint density at radius 2 is 1.67 bits per heavy atom. The Hall–Kier alpha value is -2.94. The molecule has 0 bridgehead atoms. The first-order valence-corrected chi connectivity index (χ1v) is 8.00. The van der Waals surface area contributed by atoms with Crippen molar-refractivity contribution in [3.63, 3.8) is 0 Å². The lowest BCUT2D eigenvalue weighted by Gasteiger charge is -2.22. The van der Waals surface area contributed by atoms with E-state index in [1.54, 1.807) is 6.07 Å². The Morgan fingerprint density at radius 3 is 2.21 bits per heavy atom. The summed E-state index contributed by atoms with van der Waals surface area (Å²) in [5, 5.41) is 17.9. The van der Waals surface area contributed by atoms with E-state index in [9.17, 15) is 22.4 Å². The highest BCUT2D eigenvalue weighted by molar-refractivity contribution is 7.92. The highest BCUT2D eigenvalue weighted by Crippen LogP contribution is 2.24. The number of aromatic carboxylic acids is 1. The smallest absolute Gasteiger partial charge is 0.338 e. The van der Waals surface area contributed by atoms with Gasteiger partial charge in [0.15, 0.2) is 0 Å². The first-order chi connectivity index (χ1) is 11.2. The molecule has 0 aromatic heterocycles. The molecule has 0 aliphatic carbocycles. The largest absolute Gasteiger partial charge is 0.480 e. The van der Waals surface area contributed by atoms with Gasteiger partial charge in [-0.2, -0.15) is 0 Å². The van der Waals surface area contributed by atoms with Crippen LogP contribution in [0.1, 0.15) is 10.4 Å². The van der Waals surface area contributed by atoms with Crippen molar-refractivity contribution < 1.29 is 32.6 Å². The second-order valence-electron chi connectivity index (χ2n) is 4.69. The van der Waals surface area contributed by atoms with Crippen LogP contribution in [0.15, 0.2) is 53.4 Å². The van der Waals surface area contributed by atoms with Gasteiger partial charge < -0.3 is 10.2 Å². The molecule has 0 aliphatic rings. The molecule has 2 rings (SSSR count). The third-order valence-electron chi connectivity index (χ3n) is 3.08. The Kier molecular flexibility index (Phi) is 4.84. The number of carboxylic acids is 2. The van der Waals surface area contributed by atoms with Crippen molar-refractivity contribution in [2.24, 2.45) is 0 Å². The molecule has 0 saturated heterocycles. The fraction of sp³-hybridized carbons (Fsp3) is 0.0667. The number of hydrogen-bond acceptors (Lipinski definition) is 4. The van der Waals surface area contributed by atoms with Gasteiger partial charge in [0.2, 0.25) is 0 Å². The molecule has 0 spiro atoms. The molecule has 2 aromatic rings. The second-order valence-corrected chi connectivity index (χ2v) is 6.55. The molecule has 2 N–H and O–H groups in total. The minimum Gasteiger partial charge on any atom is -0.480 e. The van der Waals surface area contributed by atoms with E-state index >= 15 is 0 Å². The monoisotopic (exact) mass is 353 g/mol. The first-order valence-electron chi connectivity index (χ1n) is 6.56. The zero-order valence-electron chi connectivity index (χ0n) is 12.1. The van der Waals surface area contributed by atoms with Gasteiger partial charge >= 0.3 is 11.9 Å². The first kappa shape index (κ1) is 17.4. The number of para-hydroxylation sites is 1. The molecule has 0 atom stereocenters. The number of anilines is 1. The van der Waals surface area contributed by atoms with E-state index in [1.165, 1.54) is 24.3 Å². The lowest BCUT2D eigenvalue weighted by molar-refractivity contribution is -0.135. The number of benzene rings is 2. The summed E-state index contributed by atoms with van der Waals surface area (Å²) in [6.45, 7) is -0.869. The summed E-state index contributed by atoms with van der Waals surface area (Å²) in [5.41, 5.74) is -0.736. The van der Waals surface area contributed by atoms with E-state index < -0.39 is 44.8 Å². The second kappa shape index (κ2) is 6.67. The van der Waals surface area contributed by atoms with Gasteiger partial charge in [-0.25, -0.2) is 17.6 Å². The van der Waals surface area contributed by atoms with Gasteiger partial charge in [-0.05, 0) is 30.3 Å². The number of carboxylic acid groups (broad SMARTS) is 2. The lowest BCUT2D eigenvalue weighted by Crippen LogP contribution is -2.35. The molecule has 126 valence electrons. The molecule has 0 radical (unpaired) electrons. The third kappa shape index (κ3) is 3.51. The fourth-order valence-corrected chi connectivity index (χ4v) is 3.43. The lowest BCUT2D eigenvalue weighted by atomic mass is 10.2. The van der Waals surface area contributed by atoms with E-state index in [4.69, 9.17) is 10.2 Å². The number of sulfonamides is 1. The summed E-state index contributed by atoms with van der Waals surface area (Å²) in [7, 11) is -4.40. The summed E-state index contributed by atoms with van der Waals surface area (Å²) < 4.78 is 39.5. The maximum Gasteiger partial charge on any atom is 0.338 e. The van der Waals surface area contributed by atoms with Crippen molar-refractivity contribution in [3.05, 3.63) is 59.9 Å². The molecule has 2 aromatic carbocycles. The van der Waals surface area contributed by atoms with Gasteiger partial charge in [0, 0.05) is 0 Å². The minimum absolute atomic E-state index is 0.0844. The van der Waals surface area contributed by atoms with Crippen molar-refractivity contribution in [2.75, 3.05) is 10.8 Å². The number of rotatable bonds is 6. The molecule has 0 amide bonds. The Balaban J connectivity index is 2.58. The van der Waals surface area contributed by atoms with Crippen LogP contribution in [0.4, 0.5) is 10.1 Å². The summed E-state index contributed by atoms with van der Waals surface area (Å²) in [5.74, 6) is -4.12.